The molecule has 100 valence electrons. The van der Waals surface area contributed by atoms with E-state index in [0.717, 1.165) is 18.1 Å². The van der Waals surface area contributed by atoms with E-state index >= 15 is 0 Å². The van der Waals surface area contributed by atoms with E-state index in [1.165, 1.54) is 11.1 Å². The van der Waals surface area contributed by atoms with Crippen LogP contribution in [0.5, 0.6) is 0 Å². The van der Waals surface area contributed by atoms with Crippen LogP contribution < -0.4 is 5.32 Å². The van der Waals surface area contributed by atoms with Gasteiger partial charge in [0.05, 0.1) is 0 Å². The number of halogens is 1. The highest BCUT2D eigenvalue weighted by atomic mass is 35.5. The molecule has 1 N–H and O–H groups in total. The minimum Gasteiger partial charge on any atom is -0.313 e. The average Bonchev–Trinajstić information content (AvgIpc) is 2.27. The third-order valence-electron chi connectivity index (χ3n) is 2.82. The molecule has 0 bridgehead atoms. The first-order valence-corrected chi connectivity index (χ1v) is 7.03. The van der Waals surface area contributed by atoms with Crippen molar-refractivity contribution < 1.29 is 0 Å². The van der Waals surface area contributed by atoms with Gasteiger partial charge in [0, 0.05) is 11.6 Å². The van der Waals surface area contributed by atoms with E-state index in [0.29, 0.717) is 11.8 Å². The minimum atomic E-state index is 0.545. The second-order valence-electron chi connectivity index (χ2n) is 5.45. The molecule has 1 nitrogen and oxygen atoms in total. The SMILES string of the molecule is CC(C)CNCC(=Cc1cccc(Cl)c1)C(C)C. The lowest BCUT2D eigenvalue weighted by Crippen LogP contribution is -2.23. The van der Waals surface area contributed by atoms with Gasteiger partial charge in [0.25, 0.3) is 0 Å². The van der Waals surface area contributed by atoms with Crippen LogP contribution in [0, 0.1) is 11.8 Å². The van der Waals surface area contributed by atoms with E-state index in [-0.39, 0.29) is 0 Å². The Labute approximate surface area is 116 Å². The van der Waals surface area contributed by atoms with Gasteiger partial charge >= 0.3 is 0 Å². The molecule has 0 atom stereocenters. The summed E-state index contributed by atoms with van der Waals surface area (Å²) >= 11 is 6.01. The quantitative estimate of drug-likeness (QED) is 0.791. The first-order valence-electron chi connectivity index (χ1n) is 6.65. The molecule has 2 heteroatoms. The van der Waals surface area contributed by atoms with Gasteiger partial charge in [-0.05, 0) is 36.1 Å². The molecule has 0 saturated heterocycles. The van der Waals surface area contributed by atoms with Gasteiger partial charge < -0.3 is 5.32 Å². The Kier molecular flexibility index (Phi) is 6.45. The van der Waals surface area contributed by atoms with Crippen LogP contribution in [0.4, 0.5) is 0 Å². The Morgan fingerprint density at radius 1 is 1.28 bits per heavy atom. The zero-order chi connectivity index (χ0) is 13.5. The number of benzene rings is 1. The largest absolute Gasteiger partial charge is 0.313 e. The molecule has 0 fully saturated rings. The van der Waals surface area contributed by atoms with Gasteiger partial charge in [-0.2, -0.15) is 0 Å². The normalized spacial score (nSPS) is 12.5. The van der Waals surface area contributed by atoms with Crippen molar-refractivity contribution in [3.63, 3.8) is 0 Å². The van der Waals surface area contributed by atoms with Gasteiger partial charge in [0.2, 0.25) is 0 Å². The summed E-state index contributed by atoms with van der Waals surface area (Å²) in [6.07, 6.45) is 2.24. The fourth-order valence-corrected chi connectivity index (χ4v) is 1.94. The molecule has 0 unspecified atom stereocenters. The van der Waals surface area contributed by atoms with Crippen molar-refractivity contribution in [1.82, 2.24) is 5.32 Å². The molecule has 0 spiro atoms. The highest BCUT2D eigenvalue weighted by Gasteiger charge is 2.04. The summed E-state index contributed by atoms with van der Waals surface area (Å²) in [5.41, 5.74) is 2.59. The highest BCUT2D eigenvalue weighted by Crippen LogP contribution is 2.17. The molecule has 0 aliphatic carbocycles. The van der Waals surface area contributed by atoms with E-state index in [1.807, 2.05) is 18.2 Å². The van der Waals surface area contributed by atoms with Crippen LogP contribution in [0.15, 0.2) is 29.8 Å². The molecule has 0 saturated carbocycles. The molecular formula is C16H24ClN. The van der Waals surface area contributed by atoms with Crippen LogP contribution in [0.3, 0.4) is 0 Å². The highest BCUT2D eigenvalue weighted by molar-refractivity contribution is 6.30. The van der Waals surface area contributed by atoms with E-state index < -0.39 is 0 Å². The van der Waals surface area contributed by atoms with Crippen molar-refractivity contribution >= 4 is 17.7 Å². The average molecular weight is 266 g/mol. The lowest BCUT2D eigenvalue weighted by atomic mass is 10.00. The van der Waals surface area contributed by atoms with Crippen LogP contribution in [-0.2, 0) is 0 Å². The van der Waals surface area contributed by atoms with Gasteiger partial charge in [-0.3, -0.25) is 0 Å². The summed E-state index contributed by atoms with van der Waals surface area (Å²) in [5.74, 6) is 1.23. The summed E-state index contributed by atoms with van der Waals surface area (Å²) in [6, 6.07) is 8.00. The van der Waals surface area contributed by atoms with E-state index in [9.17, 15) is 0 Å². The lowest BCUT2D eigenvalue weighted by Gasteiger charge is -2.14. The number of hydrogen-bond acceptors (Lipinski definition) is 1. The fraction of sp³-hybridized carbons (Fsp3) is 0.500. The van der Waals surface area contributed by atoms with Crippen LogP contribution in [0.25, 0.3) is 6.08 Å². The Balaban J connectivity index is 2.72. The smallest absolute Gasteiger partial charge is 0.0411 e. The van der Waals surface area contributed by atoms with Crippen LogP contribution >= 0.6 is 11.6 Å². The summed E-state index contributed by atoms with van der Waals surface area (Å²) in [5, 5.41) is 4.29. The van der Waals surface area contributed by atoms with Gasteiger partial charge in [-0.1, -0.05) is 63.1 Å². The third kappa shape index (κ3) is 5.70. The van der Waals surface area contributed by atoms with E-state index in [2.05, 4.69) is 45.2 Å². The molecule has 18 heavy (non-hydrogen) atoms. The number of nitrogens with one attached hydrogen (secondary N) is 1. The maximum absolute atomic E-state index is 6.01. The second kappa shape index (κ2) is 7.60. The summed E-state index contributed by atoms with van der Waals surface area (Å²) in [7, 11) is 0. The molecule has 0 aromatic heterocycles. The van der Waals surface area contributed by atoms with Crippen molar-refractivity contribution in [2.24, 2.45) is 11.8 Å². The maximum Gasteiger partial charge on any atom is 0.0411 e. The summed E-state index contributed by atoms with van der Waals surface area (Å²) in [4.78, 5) is 0. The predicted octanol–water partition coefficient (Wildman–Crippen LogP) is 4.63. The van der Waals surface area contributed by atoms with Gasteiger partial charge in [0.1, 0.15) is 0 Å². The molecule has 1 aromatic carbocycles. The first-order chi connectivity index (χ1) is 8.49. The third-order valence-corrected chi connectivity index (χ3v) is 3.06. The lowest BCUT2D eigenvalue weighted by molar-refractivity contribution is 0.558. The first kappa shape index (κ1) is 15.3. The molecule has 1 rings (SSSR count). The summed E-state index contributed by atoms with van der Waals surface area (Å²) < 4.78 is 0. The second-order valence-corrected chi connectivity index (χ2v) is 5.89. The monoisotopic (exact) mass is 265 g/mol. The molecular weight excluding hydrogens is 242 g/mol. The van der Waals surface area contributed by atoms with Gasteiger partial charge in [0.15, 0.2) is 0 Å². The zero-order valence-electron chi connectivity index (χ0n) is 11.8. The zero-order valence-corrected chi connectivity index (χ0v) is 12.6. The Morgan fingerprint density at radius 2 is 2.00 bits per heavy atom. The van der Waals surface area contributed by atoms with Gasteiger partial charge in [-0.15, -0.1) is 0 Å². The number of rotatable bonds is 6. The molecule has 0 amide bonds. The molecule has 0 radical (unpaired) electrons. The van der Waals surface area contributed by atoms with Crippen LogP contribution in [0.2, 0.25) is 5.02 Å². The topological polar surface area (TPSA) is 12.0 Å². The Hall–Kier alpha value is -0.790. The van der Waals surface area contributed by atoms with Crippen molar-refractivity contribution in [3.05, 3.63) is 40.4 Å². The standard InChI is InChI=1S/C16H24ClN/c1-12(2)10-18-11-15(13(3)4)8-14-6-5-7-16(17)9-14/h5-9,12-13,18H,10-11H2,1-4H3. The molecule has 0 heterocycles. The van der Waals surface area contributed by atoms with Crippen LogP contribution in [-0.4, -0.2) is 13.1 Å². The van der Waals surface area contributed by atoms with E-state index in [1.54, 1.807) is 0 Å². The number of hydrogen-bond donors (Lipinski definition) is 1. The van der Waals surface area contributed by atoms with Crippen molar-refractivity contribution in [2.45, 2.75) is 27.7 Å². The maximum atomic E-state index is 6.01. The van der Waals surface area contributed by atoms with Crippen LogP contribution in [0.1, 0.15) is 33.3 Å². The fourth-order valence-electron chi connectivity index (χ4n) is 1.74. The minimum absolute atomic E-state index is 0.545. The van der Waals surface area contributed by atoms with Crippen molar-refractivity contribution in [2.75, 3.05) is 13.1 Å². The van der Waals surface area contributed by atoms with Gasteiger partial charge in [-0.25, -0.2) is 0 Å². The molecule has 0 aliphatic rings. The Morgan fingerprint density at radius 3 is 2.56 bits per heavy atom. The summed E-state index contributed by atoms with van der Waals surface area (Å²) in [6.45, 7) is 10.9. The van der Waals surface area contributed by atoms with E-state index in [4.69, 9.17) is 11.6 Å². The molecule has 0 aliphatic heterocycles. The van der Waals surface area contributed by atoms with Crippen molar-refractivity contribution in [1.29, 1.82) is 0 Å². The predicted molar refractivity (Wildman–Crippen MR) is 82.0 cm³/mol. The molecule has 1 aromatic rings. The Bertz CT molecular complexity index is 394. The van der Waals surface area contributed by atoms with Crippen molar-refractivity contribution in [3.8, 4) is 0 Å².